The summed E-state index contributed by atoms with van der Waals surface area (Å²) >= 11 is 3.36. The fourth-order valence-electron chi connectivity index (χ4n) is 3.07. The van der Waals surface area contributed by atoms with Crippen molar-refractivity contribution in [2.24, 2.45) is 0 Å². The van der Waals surface area contributed by atoms with Crippen LogP contribution in [-0.2, 0) is 15.2 Å². The van der Waals surface area contributed by atoms with Crippen molar-refractivity contribution in [2.45, 2.75) is 12.0 Å². The van der Waals surface area contributed by atoms with Crippen molar-refractivity contribution in [1.29, 1.82) is 0 Å². The van der Waals surface area contributed by atoms with Crippen LogP contribution in [0, 0.1) is 0 Å². The van der Waals surface area contributed by atoms with Gasteiger partial charge < -0.3 is 10.0 Å². The van der Waals surface area contributed by atoms with E-state index in [1.807, 2.05) is 30.3 Å². The lowest BCUT2D eigenvalue weighted by Gasteiger charge is -2.21. The second-order valence-electron chi connectivity index (χ2n) is 6.11. The fraction of sp³-hybridized carbons (Fsp3) is 0.143. The van der Waals surface area contributed by atoms with Crippen molar-refractivity contribution in [3.8, 4) is 0 Å². The summed E-state index contributed by atoms with van der Waals surface area (Å²) < 4.78 is 0.732. The van der Waals surface area contributed by atoms with E-state index in [2.05, 4.69) is 22.5 Å². The lowest BCUT2D eigenvalue weighted by molar-refractivity contribution is -0.140. The summed E-state index contributed by atoms with van der Waals surface area (Å²) in [5.74, 6) is -0.831. The van der Waals surface area contributed by atoms with Gasteiger partial charge in [-0.05, 0) is 29.8 Å². The predicted molar refractivity (Wildman–Crippen MR) is 106 cm³/mol. The number of ketones is 1. The van der Waals surface area contributed by atoms with Crippen molar-refractivity contribution in [1.82, 2.24) is 0 Å². The number of fused-ring (bicyclic) bond motifs is 1. The van der Waals surface area contributed by atoms with E-state index in [1.165, 1.54) is 11.0 Å². The Labute approximate surface area is 160 Å². The van der Waals surface area contributed by atoms with Crippen LogP contribution in [0.4, 0.5) is 5.69 Å². The minimum atomic E-state index is -1.87. The lowest BCUT2D eigenvalue weighted by atomic mass is 9.89. The first kappa shape index (κ1) is 18.3. The van der Waals surface area contributed by atoms with Gasteiger partial charge in [0.2, 0.25) is 0 Å². The molecule has 0 spiro atoms. The third-order valence-electron chi connectivity index (χ3n) is 4.30. The molecule has 1 N–H and O–H groups in total. The summed E-state index contributed by atoms with van der Waals surface area (Å²) in [5, 5.41) is 11.1. The Balaban J connectivity index is 1.89. The molecular formula is C21H18BrNO3. The SMILES string of the molecule is C=CCN1C(=O)[C@@](O)(CC(=O)/C=C\c2ccccc2)c2cc(Br)ccc21. The number of hydrogen-bond donors (Lipinski definition) is 1. The van der Waals surface area contributed by atoms with Gasteiger partial charge in [0.05, 0.1) is 12.1 Å². The van der Waals surface area contributed by atoms with Gasteiger partial charge in [-0.2, -0.15) is 0 Å². The number of aliphatic hydroxyl groups is 1. The molecule has 26 heavy (non-hydrogen) atoms. The zero-order chi connectivity index (χ0) is 18.7. The maximum atomic E-state index is 12.8. The zero-order valence-electron chi connectivity index (χ0n) is 14.1. The number of allylic oxidation sites excluding steroid dienone is 1. The first-order chi connectivity index (χ1) is 12.5. The average Bonchev–Trinajstić information content (AvgIpc) is 2.83. The quantitative estimate of drug-likeness (QED) is 0.580. The van der Waals surface area contributed by atoms with Crippen LogP contribution in [0.3, 0.4) is 0 Å². The molecule has 0 bridgehead atoms. The van der Waals surface area contributed by atoms with Crippen molar-refractivity contribution < 1.29 is 14.7 Å². The summed E-state index contributed by atoms with van der Waals surface area (Å²) in [6.07, 6.45) is 4.35. The largest absolute Gasteiger partial charge is 0.375 e. The normalized spacial score (nSPS) is 19.0. The van der Waals surface area contributed by atoms with Gasteiger partial charge in [0.15, 0.2) is 11.4 Å². The molecule has 1 aliphatic heterocycles. The zero-order valence-corrected chi connectivity index (χ0v) is 15.6. The highest BCUT2D eigenvalue weighted by molar-refractivity contribution is 9.10. The number of rotatable bonds is 6. The first-order valence-electron chi connectivity index (χ1n) is 8.17. The maximum Gasteiger partial charge on any atom is 0.264 e. The topological polar surface area (TPSA) is 57.6 Å². The molecule has 2 aromatic rings. The minimum absolute atomic E-state index is 0.268. The number of carbonyl (C=O) groups excluding carboxylic acids is 2. The van der Waals surface area contributed by atoms with Gasteiger partial charge in [0.25, 0.3) is 5.91 Å². The van der Waals surface area contributed by atoms with E-state index < -0.39 is 11.5 Å². The Kier molecular flexibility index (Phi) is 5.20. The molecule has 0 aliphatic carbocycles. The highest BCUT2D eigenvalue weighted by atomic mass is 79.9. The molecule has 4 nitrogen and oxygen atoms in total. The third kappa shape index (κ3) is 3.41. The number of halogens is 1. The molecule has 132 valence electrons. The van der Waals surface area contributed by atoms with E-state index in [0.29, 0.717) is 11.3 Å². The van der Waals surface area contributed by atoms with E-state index in [0.717, 1.165) is 10.0 Å². The summed E-state index contributed by atoms with van der Waals surface area (Å²) in [4.78, 5) is 26.7. The van der Waals surface area contributed by atoms with Gasteiger partial charge in [-0.25, -0.2) is 0 Å². The molecule has 0 aromatic heterocycles. The second kappa shape index (κ2) is 7.40. The first-order valence-corrected chi connectivity index (χ1v) is 8.96. The highest BCUT2D eigenvalue weighted by Gasteiger charge is 2.50. The number of nitrogens with zero attached hydrogens (tertiary/aromatic N) is 1. The van der Waals surface area contributed by atoms with E-state index in [-0.39, 0.29) is 18.7 Å². The van der Waals surface area contributed by atoms with Crippen molar-refractivity contribution >= 4 is 39.4 Å². The molecule has 1 amide bonds. The summed E-state index contributed by atoms with van der Waals surface area (Å²) in [6, 6.07) is 14.6. The molecule has 1 heterocycles. The van der Waals surface area contributed by atoms with Crippen LogP contribution in [0.5, 0.6) is 0 Å². The molecule has 2 aromatic carbocycles. The molecule has 0 radical (unpaired) electrons. The Hall–Kier alpha value is -2.50. The van der Waals surface area contributed by atoms with Gasteiger partial charge in [-0.15, -0.1) is 6.58 Å². The second-order valence-corrected chi connectivity index (χ2v) is 7.03. The standard InChI is InChI=1S/C21H18BrNO3/c1-2-12-23-19-11-9-16(22)13-18(19)21(26,20(23)25)14-17(24)10-8-15-6-4-3-5-7-15/h2-11,13,26H,1,12,14H2/b10-8-/t21-/m1/s1. The van der Waals surface area contributed by atoms with Crippen LogP contribution in [0.25, 0.3) is 6.08 Å². The molecule has 0 saturated carbocycles. The van der Waals surface area contributed by atoms with Gasteiger partial charge in [0, 0.05) is 16.6 Å². The number of amides is 1. The number of benzene rings is 2. The average molecular weight is 412 g/mol. The van der Waals surface area contributed by atoms with Crippen LogP contribution in [-0.4, -0.2) is 23.3 Å². The summed E-state index contributed by atoms with van der Waals surface area (Å²) in [6.45, 7) is 3.93. The lowest BCUT2D eigenvalue weighted by Crippen LogP contribution is -2.41. The molecule has 0 saturated heterocycles. The predicted octanol–water partition coefficient (Wildman–Crippen LogP) is 3.84. The number of carbonyl (C=O) groups is 2. The fourth-order valence-corrected chi connectivity index (χ4v) is 3.43. The van der Waals surface area contributed by atoms with Crippen LogP contribution >= 0.6 is 15.9 Å². The van der Waals surface area contributed by atoms with Crippen molar-refractivity contribution in [2.75, 3.05) is 11.4 Å². The van der Waals surface area contributed by atoms with Crippen LogP contribution in [0.2, 0.25) is 0 Å². The van der Waals surface area contributed by atoms with Crippen molar-refractivity contribution in [3.05, 3.63) is 82.9 Å². The Bertz CT molecular complexity index is 891. The highest BCUT2D eigenvalue weighted by Crippen LogP contribution is 2.43. The summed E-state index contributed by atoms with van der Waals surface area (Å²) in [7, 11) is 0. The van der Waals surface area contributed by atoms with Gasteiger partial charge in [-0.1, -0.05) is 58.4 Å². The molecule has 1 aliphatic rings. The van der Waals surface area contributed by atoms with Gasteiger partial charge >= 0.3 is 0 Å². The summed E-state index contributed by atoms with van der Waals surface area (Å²) in [5.41, 5.74) is 0.0305. The van der Waals surface area contributed by atoms with Crippen molar-refractivity contribution in [3.63, 3.8) is 0 Å². The van der Waals surface area contributed by atoms with E-state index in [9.17, 15) is 14.7 Å². The van der Waals surface area contributed by atoms with E-state index in [4.69, 9.17) is 0 Å². The Morgan fingerprint density at radius 3 is 2.65 bits per heavy atom. The Morgan fingerprint density at radius 2 is 1.96 bits per heavy atom. The monoisotopic (exact) mass is 411 g/mol. The van der Waals surface area contributed by atoms with E-state index >= 15 is 0 Å². The maximum absolute atomic E-state index is 12.8. The molecule has 0 fully saturated rings. The minimum Gasteiger partial charge on any atom is -0.375 e. The molecular weight excluding hydrogens is 394 g/mol. The van der Waals surface area contributed by atoms with Gasteiger partial charge in [0.1, 0.15) is 0 Å². The number of anilines is 1. The van der Waals surface area contributed by atoms with E-state index in [1.54, 1.807) is 30.4 Å². The third-order valence-corrected chi connectivity index (χ3v) is 4.79. The van der Waals surface area contributed by atoms with Crippen LogP contribution < -0.4 is 4.90 Å². The molecule has 0 unspecified atom stereocenters. The molecule has 1 atom stereocenters. The molecule has 3 rings (SSSR count). The smallest absolute Gasteiger partial charge is 0.264 e. The van der Waals surface area contributed by atoms with Crippen LogP contribution in [0.1, 0.15) is 17.5 Å². The number of hydrogen-bond acceptors (Lipinski definition) is 3. The molecule has 5 heteroatoms. The Morgan fingerprint density at radius 1 is 1.23 bits per heavy atom. The van der Waals surface area contributed by atoms with Gasteiger partial charge in [-0.3, -0.25) is 9.59 Å². The van der Waals surface area contributed by atoms with Crippen LogP contribution in [0.15, 0.2) is 71.7 Å².